The Labute approximate surface area is 132 Å². The minimum absolute atomic E-state index is 0.344. The molecule has 4 heteroatoms. The quantitative estimate of drug-likeness (QED) is 0.796. The van der Waals surface area contributed by atoms with Crippen LogP contribution in [0.2, 0.25) is 0 Å². The van der Waals surface area contributed by atoms with E-state index >= 15 is 0 Å². The highest BCUT2D eigenvalue weighted by Crippen LogP contribution is 2.37. The van der Waals surface area contributed by atoms with Gasteiger partial charge >= 0.3 is 7.12 Å². The van der Waals surface area contributed by atoms with Gasteiger partial charge in [-0.05, 0) is 57.8 Å². The second-order valence-corrected chi connectivity index (χ2v) is 6.89. The zero-order valence-electron chi connectivity index (χ0n) is 13.9. The fourth-order valence-electron chi connectivity index (χ4n) is 2.60. The number of benzene rings is 1. The van der Waals surface area contributed by atoms with Crippen LogP contribution in [0, 0.1) is 6.92 Å². The van der Waals surface area contributed by atoms with E-state index in [1.807, 2.05) is 24.4 Å². The van der Waals surface area contributed by atoms with Crippen molar-refractivity contribution in [1.82, 2.24) is 4.98 Å². The highest BCUT2D eigenvalue weighted by molar-refractivity contribution is 6.63. The third-order valence-corrected chi connectivity index (χ3v) is 4.66. The van der Waals surface area contributed by atoms with Crippen molar-refractivity contribution in [2.45, 2.75) is 45.8 Å². The molecule has 0 N–H and O–H groups in total. The highest BCUT2D eigenvalue weighted by Gasteiger charge is 2.52. The van der Waals surface area contributed by atoms with Crippen LogP contribution in [0.25, 0.3) is 11.3 Å². The maximum atomic E-state index is 6.22. The first-order chi connectivity index (χ1) is 10.3. The van der Waals surface area contributed by atoms with Crippen LogP contribution in [0.1, 0.15) is 33.3 Å². The Kier molecular flexibility index (Phi) is 3.62. The number of aromatic nitrogens is 1. The van der Waals surface area contributed by atoms with Crippen molar-refractivity contribution in [3.8, 4) is 11.3 Å². The van der Waals surface area contributed by atoms with Crippen molar-refractivity contribution in [3.05, 3.63) is 48.2 Å². The fourth-order valence-corrected chi connectivity index (χ4v) is 2.60. The summed E-state index contributed by atoms with van der Waals surface area (Å²) in [5, 5.41) is 0. The molecule has 0 unspecified atom stereocenters. The molecule has 0 radical (unpaired) electrons. The van der Waals surface area contributed by atoms with E-state index in [9.17, 15) is 0 Å². The molecule has 0 saturated carbocycles. The monoisotopic (exact) mass is 295 g/mol. The summed E-state index contributed by atoms with van der Waals surface area (Å²) in [6.45, 7) is 10.4. The van der Waals surface area contributed by atoms with E-state index in [2.05, 4.69) is 57.8 Å². The standard InChI is InChI=1S/C18H22BNO2/c1-13-9-10-14(16-8-6-7-11-20-16)15(12-13)19-21-17(2,3)18(4,5)22-19/h6-12H,1-5H3. The lowest BCUT2D eigenvalue weighted by Crippen LogP contribution is -2.41. The molecule has 1 fully saturated rings. The van der Waals surface area contributed by atoms with Crippen LogP contribution >= 0.6 is 0 Å². The molecule has 0 aliphatic carbocycles. The summed E-state index contributed by atoms with van der Waals surface area (Å²) >= 11 is 0. The van der Waals surface area contributed by atoms with Crippen LogP contribution in [0.15, 0.2) is 42.6 Å². The van der Waals surface area contributed by atoms with Gasteiger partial charge in [0.05, 0.1) is 16.9 Å². The van der Waals surface area contributed by atoms with Gasteiger partial charge in [-0.15, -0.1) is 0 Å². The predicted octanol–water partition coefficient (Wildman–Crippen LogP) is 3.36. The molecule has 1 aliphatic rings. The van der Waals surface area contributed by atoms with Gasteiger partial charge < -0.3 is 9.31 Å². The second kappa shape index (κ2) is 5.22. The number of nitrogens with zero attached hydrogens (tertiary/aromatic N) is 1. The predicted molar refractivity (Wildman–Crippen MR) is 90.1 cm³/mol. The molecule has 3 rings (SSSR count). The van der Waals surface area contributed by atoms with Gasteiger partial charge in [-0.1, -0.05) is 29.8 Å². The SMILES string of the molecule is Cc1ccc(-c2ccccn2)c(B2OC(C)(C)C(C)(C)O2)c1. The summed E-state index contributed by atoms with van der Waals surface area (Å²) in [4.78, 5) is 4.47. The van der Waals surface area contributed by atoms with E-state index in [0.717, 1.165) is 16.7 Å². The van der Waals surface area contributed by atoms with E-state index in [4.69, 9.17) is 9.31 Å². The average Bonchev–Trinajstić information content (AvgIpc) is 2.68. The zero-order valence-corrected chi connectivity index (χ0v) is 13.9. The topological polar surface area (TPSA) is 31.4 Å². The van der Waals surface area contributed by atoms with Crippen LogP contribution in [0.4, 0.5) is 0 Å². The zero-order chi connectivity index (χ0) is 16.0. The Hall–Kier alpha value is -1.65. The molecule has 1 aromatic heterocycles. The molecule has 2 heterocycles. The molecule has 1 saturated heterocycles. The third kappa shape index (κ3) is 2.57. The third-order valence-electron chi connectivity index (χ3n) is 4.66. The molecule has 2 aromatic rings. The number of rotatable bonds is 2. The van der Waals surface area contributed by atoms with Gasteiger partial charge in [0.2, 0.25) is 0 Å². The van der Waals surface area contributed by atoms with Crippen molar-refractivity contribution in [1.29, 1.82) is 0 Å². The van der Waals surface area contributed by atoms with Crippen molar-refractivity contribution in [2.75, 3.05) is 0 Å². The largest absolute Gasteiger partial charge is 0.495 e. The molecule has 0 atom stereocenters. The summed E-state index contributed by atoms with van der Waals surface area (Å²) in [5.41, 5.74) is 3.53. The van der Waals surface area contributed by atoms with Crippen LogP contribution in [-0.4, -0.2) is 23.3 Å². The molecule has 1 aliphatic heterocycles. The van der Waals surface area contributed by atoms with Gasteiger partial charge in [0, 0.05) is 6.20 Å². The summed E-state index contributed by atoms with van der Waals surface area (Å²) in [7, 11) is -0.373. The van der Waals surface area contributed by atoms with Gasteiger partial charge in [-0.25, -0.2) is 0 Å². The molecule has 3 nitrogen and oxygen atoms in total. The molecular weight excluding hydrogens is 273 g/mol. The van der Waals surface area contributed by atoms with E-state index in [-0.39, 0.29) is 18.3 Å². The van der Waals surface area contributed by atoms with E-state index < -0.39 is 0 Å². The van der Waals surface area contributed by atoms with Gasteiger partial charge in [0.25, 0.3) is 0 Å². The van der Waals surface area contributed by atoms with Crippen molar-refractivity contribution < 1.29 is 9.31 Å². The van der Waals surface area contributed by atoms with Crippen LogP contribution < -0.4 is 5.46 Å². The van der Waals surface area contributed by atoms with Crippen molar-refractivity contribution >= 4 is 12.6 Å². The molecule has 114 valence electrons. The highest BCUT2D eigenvalue weighted by atomic mass is 16.7. The van der Waals surface area contributed by atoms with Gasteiger partial charge in [-0.3, -0.25) is 4.98 Å². The fraction of sp³-hybridized carbons (Fsp3) is 0.389. The minimum atomic E-state index is -0.373. The first-order valence-electron chi connectivity index (χ1n) is 7.68. The molecular formula is C18H22BNO2. The lowest BCUT2D eigenvalue weighted by atomic mass is 9.74. The summed E-state index contributed by atoms with van der Waals surface area (Å²) < 4.78 is 12.4. The molecule has 22 heavy (non-hydrogen) atoms. The van der Waals surface area contributed by atoms with Crippen LogP contribution in [0.3, 0.4) is 0 Å². The lowest BCUT2D eigenvalue weighted by molar-refractivity contribution is 0.00578. The molecule has 1 aromatic carbocycles. The molecule has 0 bridgehead atoms. The number of hydrogen-bond donors (Lipinski definition) is 0. The van der Waals surface area contributed by atoms with Crippen LogP contribution in [0.5, 0.6) is 0 Å². The Balaban J connectivity index is 2.07. The first-order valence-corrected chi connectivity index (χ1v) is 7.68. The molecule has 0 spiro atoms. The Morgan fingerprint density at radius 3 is 2.23 bits per heavy atom. The Bertz CT molecular complexity index is 667. The van der Waals surface area contributed by atoms with E-state index in [1.54, 1.807) is 0 Å². The summed E-state index contributed by atoms with van der Waals surface area (Å²) in [6, 6.07) is 12.3. The normalized spacial score (nSPS) is 19.4. The first kappa shape index (κ1) is 15.3. The number of aryl methyl sites for hydroxylation is 1. The van der Waals surface area contributed by atoms with Crippen LogP contribution in [-0.2, 0) is 9.31 Å². The lowest BCUT2D eigenvalue weighted by Gasteiger charge is -2.32. The van der Waals surface area contributed by atoms with Gasteiger partial charge in [-0.2, -0.15) is 0 Å². The summed E-state index contributed by atoms with van der Waals surface area (Å²) in [5.74, 6) is 0. The maximum absolute atomic E-state index is 6.22. The number of hydrogen-bond acceptors (Lipinski definition) is 3. The maximum Gasteiger partial charge on any atom is 0.495 e. The minimum Gasteiger partial charge on any atom is -0.399 e. The van der Waals surface area contributed by atoms with Crippen molar-refractivity contribution in [2.24, 2.45) is 0 Å². The summed E-state index contributed by atoms with van der Waals surface area (Å²) in [6.07, 6.45) is 1.81. The molecule has 0 amide bonds. The average molecular weight is 295 g/mol. The second-order valence-electron chi connectivity index (χ2n) is 6.89. The number of pyridine rings is 1. The van der Waals surface area contributed by atoms with E-state index in [0.29, 0.717) is 0 Å². The van der Waals surface area contributed by atoms with Crippen molar-refractivity contribution in [3.63, 3.8) is 0 Å². The van der Waals surface area contributed by atoms with E-state index in [1.165, 1.54) is 5.56 Å². The smallest absolute Gasteiger partial charge is 0.399 e. The van der Waals surface area contributed by atoms with Gasteiger partial charge in [0.1, 0.15) is 0 Å². The van der Waals surface area contributed by atoms with Gasteiger partial charge in [0.15, 0.2) is 0 Å². The Morgan fingerprint density at radius 2 is 1.64 bits per heavy atom. The Morgan fingerprint density at radius 1 is 0.955 bits per heavy atom.